The number of hydrogen-bond donors (Lipinski definition) is 1. The van der Waals surface area contributed by atoms with Gasteiger partial charge in [-0.25, -0.2) is 4.98 Å². The van der Waals surface area contributed by atoms with E-state index in [0.29, 0.717) is 19.4 Å². The van der Waals surface area contributed by atoms with E-state index in [2.05, 4.69) is 15.6 Å². The molecule has 0 bridgehead atoms. The van der Waals surface area contributed by atoms with Crippen LogP contribution in [-0.4, -0.2) is 33.5 Å². The lowest BCUT2D eigenvalue weighted by Crippen LogP contribution is -2.32. The Hall–Kier alpha value is -1.39. The molecule has 0 saturated carbocycles. The molecule has 4 nitrogen and oxygen atoms in total. The second kappa shape index (κ2) is 4.94. The predicted molar refractivity (Wildman–Crippen MR) is 74.0 cm³/mol. The van der Waals surface area contributed by atoms with E-state index >= 15 is 0 Å². The fourth-order valence-corrected chi connectivity index (χ4v) is 2.82. The molecule has 1 saturated heterocycles. The average molecular weight is 260 g/mol. The zero-order chi connectivity index (χ0) is 13.3. The van der Waals surface area contributed by atoms with Crippen LogP contribution in [0.2, 0.25) is 0 Å². The Bertz CT molecular complexity index is 569. The molecule has 1 atom stereocenters. The lowest BCUT2D eigenvalue weighted by molar-refractivity contribution is 0.0167. The number of rotatable bonds is 2. The summed E-state index contributed by atoms with van der Waals surface area (Å²) >= 11 is 0. The summed E-state index contributed by atoms with van der Waals surface area (Å²) in [5.41, 5.74) is 1.44. The normalized spacial score (nSPS) is 24.5. The maximum Gasteiger partial charge on any atom is 0.112 e. The van der Waals surface area contributed by atoms with E-state index in [1.165, 1.54) is 0 Å². The lowest BCUT2D eigenvalue weighted by Gasteiger charge is -2.25. The first-order chi connectivity index (χ1) is 9.18. The minimum atomic E-state index is -0.675. The van der Waals surface area contributed by atoms with Gasteiger partial charge in [0.15, 0.2) is 0 Å². The maximum atomic E-state index is 10.7. The fraction of sp³-hybridized carbons (Fsp3) is 0.533. The van der Waals surface area contributed by atoms with Gasteiger partial charge in [0.25, 0.3) is 0 Å². The van der Waals surface area contributed by atoms with E-state index in [9.17, 15) is 5.11 Å². The van der Waals surface area contributed by atoms with Crippen molar-refractivity contribution in [3.05, 3.63) is 30.1 Å². The van der Waals surface area contributed by atoms with Gasteiger partial charge in [-0.15, -0.1) is 0 Å². The highest BCUT2D eigenvalue weighted by Crippen LogP contribution is 2.26. The molecule has 0 aliphatic carbocycles. The minimum absolute atomic E-state index is 0.599. The largest absolute Gasteiger partial charge is 0.389 e. The second-order valence-electron chi connectivity index (χ2n) is 5.44. The number of aryl methyl sites for hydroxylation is 1. The van der Waals surface area contributed by atoms with Crippen LogP contribution in [0.1, 0.15) is 25.1 Å². The number of hydrogen-bond acceptors (Lipinski definition) is 3. The summed E-state index contributed by atoms with van der Waals surface area (Å²) in [4.78, 5) is 4.64. The second-order valence-corrected chi connectivity index (χ2v) is 5.44. The molecule has 0 spiro atoms. The third-order valence-corrected chi connectivity index (χ3v) is 4.01. The van der Waals surface area contributed by atoms with E-state index < -0.39 is 5.60 Å². The molecule has 2 aromatic rings. The van der Waals surface area contributed by atoms with E-state index in [4.69, 9.17) is 4.74 Å². The van der Waals surface area contributed by atoms with Crippen LogP contribution < -0.4 is 0 Å². The van der Waals surface area contributed by atoms with Crippen molar-refractivity contribution in [2.45, 2.75) is 31.3 Å². The standard InChI is InChI=1S/C15H20N2O2/c1-17-13-6-3-2-5-12(13)16-14(17)11-15(18)7-4-9-19-10-8-15/h2-3,5-6,18H,4,7-11H2,1H3. The molecule has 1 N–H and O–H groups in total. The SMILES string of the molecule is Cn1c(CC2(O)CCCOCC2)nc2ccccc21. The van der Waals surface area contributed by atoms with Crippen molar-refractivity contribution in [2.75, 3.05) is 13.2 Å². The molecular formula is C15H20N2O2. The van der Waals surface area contributed by atoms with Gasteiger partial charge in [-0.3, -0.25) is 0 Å². The minimum Gasteiger partial charge on any atom is -0.389 e. The zero-order valence-corrected chi connectivity index (χ0v) is 11.3. The molecule has 1 unspecified atom stereocenters. The molecule has 2 heterocycles. The van der Waals surface area contributed by atoms with Crippen LogP contribution >= 0.6 is 0 Å². The van der Waals surface area contributed by atoms with E-state index in [0.717, 1.165) is 36.3 Å². The van der Waals surface area contributed by atoms with Gasteiger partial charge in [0.1, 0.15) is 5.82 Å². The summed E-state index contributed by atoms with van der Waals surface area (Å²) in [6.45, 7) is 1.39. The van der Waals surface area contributed by atoms with Crippen molar-refractivity contribution < 1.29 is 9.84 Å². The van der Waals surface area contributed by atoms with E-state index in [-0.39, 0.29) is 0 Å². The number of imidazole rings is 1. The topological polar surface area (TPSA) is 47.3 Å². The highest BCUT2D eigenvalue weighted by molar-refractivity contribution is 5.75. The van der Waals surface area contributed by atoms with Crippen LogP contribution in [0.5, 0.6) is 0 Å². The molecule has 102 valence electrons. The Kier molecular flexibility index (Phi) is 3.29. The molecule has 3 rings (SSSR count). The molecule has 1 aliphatic rings. The average Bonchev–Trinajstić information content (AvgIpc) is 2.58. The zero-order valence-electron chi connectivity index (χ0n) is 11.3. The van der Waals surface area contributed by atoms with Crippen molar-refractivity contribution in [1.29, 1.82) is 0 Å². The van der Waals surface area contributed by atoms with E-state index in [1.54, 1.807) is 0 Å². The first kappa shape index (κ1) is 12.6. The van der Waals surface area contributed by atoms with Gasteiger partial charge in [-0.05, 0) is 31.4 Å². The number of nitrogens with zero attached hydrogens (tertiary/aromatic N) is 2. The summed E-state index contributed by atoms with van der Waals surface area (Å²) in [6, 6.07) is 8.08. The first-order valence-electron chi connectivity index (χ1n) is 6.88. The molecular weight excluding hydrogens is 240 g/mol. The molecule has 1 aliphatic heterocycles. The highest BCUT2D eigenvalue weighted by atomic mass is 16.5. The van der Waals surface area contributed by atoms with Crippen LogP contribution in [0.4, 0.5) is 0 Å². The van der Waals surface area contributed by atoms with Crippen molar-refractivity contribution in [1.82, 2.24) is 9.55 Å². The highest BCUT2D eigenvalue weighted by Gasteiger charge is 2.30. The van der Waals surface area contributed by atoms with E-state index in [1.807, 2.05) is 25.2 Å². The molecule has 4 heteroatoms. The molecule has 1 aromatic carbocycles. The van der Waals surface area contributed by atoms with Gasteiger partial charge >= 0.3 is 0 Å². The Labute approximate surface area is 113 Å². The summed E-state index contributed by atoms with van der Waals surface area (Å²) in [5.74, 6) is 0.950. The van der Waals surface area contributed by atoms with Crippen molar-refractivity contribution >= 4 is 11.0 Å². The number of para-hydroxylation sites is 2. The van der Waals surface area contributed by atoms with Gasteiger partial charge < -0.3 is 14.4 Å². The summed E-state index contributed by atoms with van der Waals surface area (Å²) < 4.78 is 7.51. The lowest BCUT2D eigenvalue weighted by atomic mass is 9.91. The van der Waals surface area contributed by atoms with Crippen LogP contribution in [0.15, 0.2) is 24.3 Å². The van der Waals surface area contributed by atoms with Gasteiger partial charge in [-0.1, -0.05) is 12.1 Å². The Morgan fingerprint density at radius 1 is 1.32 bits per heavy atom. The quantitative estimate of drug-likeness (QED) is 0.899. The van der Waals surface area contributed by atoms with Crippen LogP contribution in [0.3, 0.4) is 0 Å². The molecule has 0 amide bonds. The van der Waals surface area contributed by atoms with Gasteiger partial charge in [0.05, 0.1) is 16.6 Å². The number of aromatic nitrogens is 2. The van der Waals surface area contributed by atoms with Gasteiger partial charge in [0, 0.05) is 26.7 Å². The number of aliphatic hydroxyl groups is 1. The maximum absolute atomic E-state index is 10.7. The van der Waals surface area contributed by atoms with Crippen LogP contribution in [0, 0.1) is 0 Å². The monoisotopic (exact) mass is 260 g/mol. The Morgan fingerprint density at radius 3 is 3.00 bits per heavy atom. The van der Waals surface area contributed by atoms with Crippen LogP contribution in [-0.2, 0) is 18.2 Å². The fourth-order valence-electron chi connectivity index (χ4n) is 2.82. The van der Waals surface area contributed by atoms with Crippen molar-refractivity contribution in [3.63, 3.8) is 0 Å². The smallest absolute Gasteiger partial charge is 0.112 e. The number of benzene rings is 1. The summed E-state index contributed by atoms with van der Waals surface area (Å²) in [7, 11) is 2.02. The van der Waals surface area contributed by atoms with Gasteiger partial charge in [-0.2, -0.15) is 0 Å². The summed E-state index contributed by atoms with van der Waals surface area (Å²) in [5, 5.41) is 10.7. The van der Waals surface area contributed by atoms with Crippen molar-refractivity contribution in [2.24, 2.45) is 7.05 Å². The first-order valence-corrected chi connectivity index (χ1v) is 6.88. The predicted octanol–water partition coefficient (Wildman–Crippen LogP) is 2.05. The number of ether oxygens (including phenoxy) is 1. The van der Waals surface area contributed by atoms with Gasteiger partial charge in [0.2, 0.25) is 0 Å². The molecule has 19 heavy (non-hydrogen) atoms. The summed E-state index contributed by atoms with van der Waals surface area (Å²) in [6.07, 6.45) is 2.99. The Balaban J connectivity index is 1.90. The van der Waals surface area contributed by atoms with Crippen molar-refractivity contribution in [3.8, 4) is 0 Å². The molecule has 1 fully saturated rings. The van der Waals surface area contributed by atoms with Crippen LogP contribution in [0.25, 0.3) is 11.0 Å². The third-order valence-electron chi connectivity index (χ3n) is 4.01. The Morgan fingerprint density at radius 2 is 2.16 bits per heavy atom. The third kappa shape index (κ3) is 2.51. The molecule has 0 radical (unpaired) electrons. The number of fused-ring (bicyclic) bond motifs is 1. The molecule has 1 aromatic heterocycles.